The van der Waals surface area contributed by atoms with E-state index in [2.05, 4.69) is 51.3 Å². The molecule has 118 valence electrons. The third kappa shape index (κ3) is 2.56. The Bertz CT molecular complexity index is 710. The van der Waals surface area contributed by atoms with Crippen LogP contribution in [-0.4, -0.2) is 10.5 Å². The zero-order valence-corrected chi connectivity index (χ0v) is 14.4. The predicted molar refractivity (Wildman–Crippen MR) is 92.1 cm³/mol. The van der Waals surface area contributed by atoms with Crippen molar-refractivity contribution in [2.45, 2.75) is 47.6 Å². The number of aryl methyl sites for hydroxylation is 1. The SMILES string of the molecule is Cc1ccccc1-c1c(C(N)=O)c(C)n(C(C)C(C)C)c1C. The van der Waals surface area contributed by atoms with Crippen molar-refractivity contribution >= 4 is 5.91 Å². The molecule has 3 nitrogen and oxygen atoms in total. The van der Waals surface area contributed by atoms with E-state index in [-0.39, 0.29) is 5.91 Å². The van der Waals surface area contributed by atoms with Crippen LogP contribution in [0.15, 0.2) is 24.3 Å². The van der Waals surface area contributed by atoms with Crippen molar-refractivity contribution in [3.63, 3.8) is 0 Å². The number of amides is 1. The summed E-state index contributed by atoms with van der Waals surface area (Å²) >= 11 is 0. The normalized spacial score (nSPS) is 12.7. The minimum atomic E-state index is -0.353. The largest absolute Gasteiger partial charge is 0.366 e. The fourth-order valence-corrected chi connectivity index (χ4v) is 3.25. The Hall–Kier alpha value is -2.03. The molecule has 1 aromatic heterocycles. The lowest BCUT2D eigenvalue weighted by molar-refractivity contribution is 0.1000. The molecule has 0 saturated heterocycles. The summed E-state index contributed by atoms with van der Waals surface area (Å²) in [5.74, 6) is 0.129. The number of carbonyl (C=O) groups is 1. The molecule has 0 spiro atoms. The molecule has 1 atom stereocenters. The molecule has 1 aromatic carbocycles. The van der Waals surface area contributed by atoms with Crippen LogP contribution in [0.3, 0.4) is 0 Å². The van der Waals surface area contributed by atoms with Gasteiger partial charge < -0.3 is 10.3 Å². The average molecular weight is 298 g/mol. The van der Waals surface area contributed by atoms with Gasteiger partial charge in [0.15, 0.2) is 0 Å². The van der Waals surface area contributed by atoms with Crippen LogP contribution in [0.4, 0.5) is 0 Å². The summed E-state index contributed by atoms with van der Waals surface area (Å²) in [5, 5.41) is 0. The molecule has 0 aliphatic carbocycles. The highest BCUT2D eigenvalue weighted by molar-refractivity contribution is 6.02. The molecular formula is C19H26N2O. The molecule has 1 heterocycles. The van der Waals surface area contributed by atoms with E-state index in [0.717, 1.165) is 28.1 Å². The lowest BCUT2D eigenvalue weighted by Crippen LogP contribution is -2.16. The lowest BCUT2D eigenvalue weighted by Gasteiger charge is -2.22. The molecule has 0 radical (unpaired) electrons. The molecule has 0 fully saturated rings. The molecule has 0 aliphatic heterocycles. The molecule has 3 heteroatoms. The van der Waals surface area contributed by atoms with E-state index in [4.69, 9.17) is 5.73 Å². The summed E-state index contributed by atoms with van der Waals surface area (Å²) in [4.78, 5) is 12.1. The number of nitrogens with zero attached hydrogens (tertiary/aromatic N) is 1. The maximum Gasteiger partial charge on any atom is 0.251 e. The van der Waals surface area contributed by atoms with E-state index in [9.17, 15) is 4.79 Å². The Kier molecular flexibility index (Phi) is 4.45. The number of benzene rings is 1. The topological polar surface area (TPSA) is 48.0 Å². The third-order valence-corrected chi connectivity index (χ3v) is 4.73. The fourth-order valence-electron chi connectivity index (χ4n) is 3.25. The van der Waals surface area contributed by atoms with Gasteiger partial charge >= 0.3 is 0 Å². The maximum atomic E-state index is 12.1. The molecule has 2 N–H and O–H groups in total. The zero-order chi connectivity index (χ0) is 16.6. The predicted octanol–water partition coefficient (Wildman–Crippen LogP) is 4.40. The summed E-state index contributed by atoms with van der Waals surface area (Å²) in [6.07, 6.45) is 0. The first kappa shape index (κ1) is 16.3. The highest BCUT2D eigenvalue weighted by Gasteiger charge is 2.26. The van der Waals surface area contributed by atoms with Crippen molar-refractivity contribution in [1.82, 2.24) is 4.57 Å². The van der Waals surface area contributed by atoms with Crippen LogP contribution < -0.4 is 5.73 Å². The van der Waals surface area contributed by atoms with Crippen molar-refractivity contribution in [2.24, 2.45) is 11.7 Å². The van der Waals surface area contributed by atoms with Gasteiger partial charge in [-0.05, 0) is 44.7 Å². The van der Waals surface area contributed by atoms with Gasteiger partial charge in [0.05, 0.1) is 5.56 Å². The van der Waals surface area contributed by atoms with Gasteiger partial charge in [0.2, 0.25) is 0 Å². The van der Waals surface area contributed by atoms with Crippen LogP contribution >= 0.6 is 0 Å². The smallest absolute Gasteiger partial charge is 0.251 e. The lowest BCUT2D eigenvalue weighted by atomic mass is 9.96. The third-order valence-electron chi connectivity index (χ3n) is 4.73. The molecule has 0 aliphatic rings. The van der Waals surface area contributed by atoms with E-state index >= 15 is 0 Å². The van der Waals surface area contributed by atoms with Gasteiger partial charge in [-0.15, -0.1) is 0 Å². The molecule has 2 aromatic rings. The minimum Gasteiger partial charge on any atom is -0.366 e. The number of aromatic nitrogens is 1. The van der Waals surface area contributed by atoms with Crippen molar-refractivity contribution in [2.75, 3.05) is 0 Å². The fraction of sp³-hybridized carbons (Fsp3) is 0.421. The summed E-state index contributed by atoms with van der Waals surface area (Å²) in [6.45, 7) is 12.7. The summed E-state index contributed by atoms with van der Waals surface area (Å²) in [5.41, 5.74) is 11.7. The van der Waals surface area contributed by atoms with Crippen LogP contribution in [0, 0.1) is 26.7 Å². The summed E-state index contributed by atoms with van der Waals surface area (Å²) < 4.78 is 2.26. The number of carbonyl (C=O) groups excluding carboxylic acids is 1. The van der Waals surface area contributed by atoms with E-state index in [1.165, 1.54) is 0 Å². The first-order chi connectivity index (χ1) is 10.3. The number of nitrogens with two attached hydrogens (primary N) is 1. The molecule has 1 amide bonds. The standard InChI is InChI=1S/C19H26N2O/c1-11(2)13(4)21-14(5)17(18(15(21)6)19(20)22)16-10-8-7-9-12(16)3/h7-11,13H,1-6H3,(H2,20,22). The molecule has 0 bridgehead atoms. The zero-order valence-electron chi connectivity index (χ0n) is 14.4. The van der Waals surface area contributed by atoms with E-state index < -0.39 is 0 Å². The number of rotatable bonds is 4. The first-order valence-electron chi connectivity index (χ1n) is 7.84. The van der Waals surface area contributed by atoms with Crippen LogP contribution in [0.2, 0.25) is 0 Å². The maximum absolute atomic E-state index is 12.1. The molecule has 1 unspecified atom stereocenters. The molecule has 2 rings (SSSR count). The quantitative estimate of drug-likeness (QED) is 0.893. The van der Waals surface area contributed by atoms with Gasteiger partial charge in [-0.2, -0.15) is 0 Å². The highest BCUT2D eigenvalue weighted by Crippen LogP contribution is 2.37. The summed E-state index contributed by atoms with van der Waals surface area (Å²) in [7, 11) is 0. The van der Waals surface area contributed by atoms with Gasteiger partial charge in [0.1, 0.15) is 0 Å². The molecule has 22 heavy (non-hydrogen) atoms. The van der Waals surface area contributed by atoms with E-state index in [0.29, 0.717) is 17.5 Å². The second-order valence-electron chi connectivity index (χ2n) is 6.45. The Morgan fingerprint density at radius 2 is 1.64 bits per heavy atom. The van der Waals surface area contributed by atoms with Crippen LogP contribution in [-0.2, 0) is 0 Å². The molecular weight excluding hydrogens is 272 g/mol. The van der Waals surface area contributed by atoms with Crippen molar-refractivity contribution in [1.29, 1.82) is 0 Å². The monoisotopic (exact) mass is 298 g/mol. The average Bonchev–Trinajstić information content (AvgIpc) is 2.70. The van der Waals surface area contributed by atoms with Crippen LogP contribution in [0.1, 0.15) is 54.1 Å². The second kappa shape index (κ2) is 5.99. The Morgan fingerprint density at radius 3 is 2.14 bits per heavy atom. The van der Waals surface area contributed by atoms with Gasteiger partial charge in [-0.3, -0.25) is 4.79 Å². The Labute approximate surface area is 133 Å². The van der Waals surface area contributed by atoms with Gasteiger partial charge in [0, 0.05) is 23.0 Å². The Balaban J connectivity index is 2.82. The highest BCUT2D eigenvalue weighted by atomic mass is 16.1. The van der Waals surface area contributed by atoms with Crippen molar-refractivity contribution in [3.8, 4) is 11.1 Å². The van der Waals surface area contributed by atoms with Crippen molar-refractivity contribution < 1.29 is 4.79 Å². The van der Waals surface area contributed by atoms with Gasteiger partial charge in [-0.1, -0.05) is 38.1 Å². The minimum absolute atomic E-state index is 0.316. The summed E-state index contributed by atoms with van der Waals surface area (Å²) in [6, 6.07) is 8.46. The second-order valence-corrected chi connectivity index (χ2v) is 6.45. The van der Waals surface area contributed by atoms with Crippen LogP contribution in [0.5, 0.6) is 0 Å². The van der Waals surface area contributed by atoms with Crippen molar-refractivity contribution in [3.05, 3.63) is 46.8 Å². The number of primary amides is 1. The van der Waals surface area contributed by atoms with Crippen LogP contribution in [0.25, 0.3) is 11.1 Å². The van der Waals surface area contributed by atoms with Gasteiger partial charge in [0.25, 0.3) is 5.91 Å². The van der Waals surface area contributed by atoms with Gasteiger partial charge in [-0.25, -0.2) is 0 Å². The Morgan fingerprint density at radius 1 is 1.05 bits per heavy atom. The van der Waals surface area contributed by atoms with E-state index in [1.807, 2.05) is 19.1 Å². The number of hydrogen-bond acceptors (Lipinski definition) is 1. The molecule has 0 saturated carbocycles. The number of hydrogen-bond donors (Lipinski definition) is 1. The first-order valence-corrected chi connectivity index (χ1v) is 7.84. The van der Waals surface area contributed by atoms with E-state index in [1.54, 1.807) is 0 Å².